The maximum Gasteiger partial charge on any atom is 0.0587 e. The number of nitrogens with one attached hydrogen (secondary N) is 1. The number of methoxy groups -OCH3 is 1. The summed E-state index contributed by atoms with van der Waals surface area (Å²) in [6, 6.07) is 5.12. The average Bonchev–Trinajstić information content (AvgIpc) is 2.96. The minimum atomic E-state index is 0.713. The zero-order valence-corrected chi connectivity index (χ0v) is 12.8. The van der Waals surface area contributed by atoms with Crippen LogP contribution in [0.1, 0.15) is 24.1 Å². The van der Waals surface area contributed by atoms with E-state index in [1.54, 1.807) is 7.11 Å². The highest BCUT2D eigenvalue weighted by Gasteiger charge is 2.21. The molecule has 0 radical (unpaired) electrons. The van der Waals surface area contributed by atoms with Gasteiger partial charge in [-0.15, -0.1) is 11.3 Å². The molecule has 0 bridgehead atoms. The highest BCUT2D eigenvalue weighted by atomic mass is 32.1. The fraction of sp³-hybridized carbons (Fsp3) is 0.733. The van der Waals surface area contributed by atoms with Crippen LogP contribution in [0.15, 0.2) is 17.5 Å². The number of ether oxygens (including phenoxy) is 1. The van der Waals surface area contributed by atoms with Crippen molar-refractivity contribution < 1.29 is 4.74 Å². The molecule has 1 N–H and O–H groups in total. The van der Waals surface area contributed by atoms with Crippen molar-refractivity contribution in [1.29, 1.82) is 0 Å². The van der Waals surface area contributed by atoms with E-state index in [-0.39, 0.29) is 0 Å². The second kappa shape index (κ2) is 8.69. The van der Waals surface area contributed by atoms with Crippen molar-refractivity contribution in [2.75, 3.05) is 39.9 Å². The first kappa shape index (κ1) is 15.0. The molecule has 4 heteroatoms. The molecule has 1 aliphatic rings. The van der Waals surface area contributed by atoms with Gasteiger partial charge in [-0.25, -0.2) is 0 Å². The predicted octanol–water partition coefficient (Wildman–Crippen LogP) is 2.38. The molecular formula is C15H26N2OS. The quantitative estimate of drug-likeness (QED) is 0.741. The van der Waals surface area contributed by atoms with Crippen LogP contribution in [0.4, 0.5) is 0 Å². The summed E-state index contributed by atoms with van der Waals surface area (Å²) in [5.41, 5.74) is 0. The van der Waals surface area contributed by atoms with E-state index < -0.39 is 0 Å². The normalized spacial score (nSPS) is 20.8. The maximum absolute atomic E-state index is 5.08. The lowest BCUT2D eigenvalue weighted by Gasteiger charge is -2.35. The van der Waals surface area contributed by atoms with Crippen LogP contribution in [0.5, 0.6) is 0 Å². The highest BCUT2D eigenvalue weighted by Crippen LogP contribution is 2.18. The van der Waals surface area contributed by atoms with Gasteiger partial charge in [0.15, 0.2) is 0 Å². The van der Waals surface area contributed by atoms with Crippen molar-refractivity contribution in [3.05, 3.63) is 22.4 Å². The summed E-state index contributed by atoms with van der Waals surface area (Å²) in [6.45, 7) is 5.35. The maximum atomic E-state index is 5.08. The van der Waals surface area contributed by atoms with Gasteiger partial charge in [-0.05, 0) is 37.3 Å². The van der Waals surface area contributed by atoms with E-state index in [4.69, 9.17) is 4.74 Å². The number of rotatable bonds is 8. The fourth-order valence-electron chi connectivity index (χ4n) is 2.74. The Hall–Kier alpha value is -0.420. The topological polar surface area (TPSA) is 24.5 Å². The zero-order chi connectivity index (χ0) is 13.3. The van der Waals surface area contributed by atoms with Crippen molar-refractivity contribution in [2.24, 2.45) is 0 Å². The standard InChI is InChI=1S/C15H26N2OS/c1-18-11-8-16-13-14-5-2-3-9-17(14)10-7-15-6-4-12-19-15/h4,6,12,14,16H,2-3,5,7-11,13H2,1H3. The molecule has 19 heavy (non-hydrogen) atoms. The van der Waals surface area contributed by atoms with Gasteiger partial charge in [0.25, 0.3) is 0 Å². The molecule has 1 aromatic heterocycles. The Bertz CT molecular complexity index is 329. The largest absolute Gasteiger partial charge is 0.383 e. The van der Waals surface area contributed by atoms with Crippen molar-refractivity contribution in [2.45, 2.75) is 31.7 Å². The molecule has 1 atom stereocenters. The van der Waals surface area contributed by atoms with Gasteiger partial charge in [-0.2, -0.15) is 0 Å². The molecule has 2 rings (SSSR count). The minimum absolute atomic E-state index is 0.713. The summed E-state index contributed by atoms with van der Waals surface area (Å²) in [5.74, 6) is 0. The lowest BCUT2D eigenvalue weighted by Crippen LogP contribution is -2.46. The first-order valence-electron chi connectivity index (χ1n) is 7.36. The molecular weight excluding hydrogens is 256 g/mol. The average molecular weight is 282 g/mol. The van der Waals surface area contributed by atoms with E-state index in [1.165, 1.54) is 43.6 Å². The van der Waals surface area contributed by atoms with Crippen LogP contribution >= 0.6 is 11.3 Å². The molecule has 0 aliphatic carbocycles. The van der Waals surface area contributed by atoms with Crippen LogP contribution in [-0.2, 0) is 11.2 Å². The van der Waals surface area contributed by atoms with E-state index in [9.17, 15) is 0 Å². The third-order valence-corrected chi connectivity index (χ3v) is 4.77. The SMILES string of the molecule is COCCNCC1CCCCN1CCc1cccs1. The number of hydrogen-bond donors (Lipinski definition) is 1. The Morgan fingerprint density at radius 2 is 2.42 bits per heavy atom. The zero-order valence-electron chi connectivity index (χ0n) is 11.9. The molecule has 3 nitrogen and oxygen atoms in total. The molecule has 1 fully saturated rings. The van der Waals surface area contributed by atoms with Gasteiger partial charge < -0.3 is 10.1 Å². The summed E-state index contributed by atoms with van der Waals surface area (Å²) in [5, 5.41) is 5.69. The van der Waals surface area contributed by atoms with Gasteiger partial charge in [0, 0.05) is 37.7 Å². The summed E-state index contributed by atoms with van der Waals surface area (Å²) in [6.07, 6.45) is 5.28. The van der Waals surface area contributed by atoms with E-state index in [0.29, 0.717) is 6.04 Å². The molecule has 0 aromatic carbocycles. The van der Waals surface area contributed by atoms with Crippen LogP contribution in [0.3, 0.4) is 0 Å². The van der Waals surface area contributed by atoms with Gasteiger partial charge in [0.2, 0.25) is 0 Å². The summed E-state index contributed by atoms with van der Waals surface area (Å²) < 4.78 is 5.08. The van der Waals surface area contributed by atoms with Gasteiger partial charge in [-0.1, -0.05) is 12.5 Å². The Labute approximate surface area is 121 Å². The van der Waals surface area contributed by atoms with Gasteiger partial charge in [-0.3, -0.25) is 4.90 Å². The van der Waals surface area contributed by atoms with Crippen molar-refractivity contribution in [3.63, 3.8) is 0 Å². The van der Waals surface area contributed by atoms with E-state index in [2.05, 4.69) is 27.7 Å². The van der Waals surface area contributed by atoms with Crippen LogP contribution in [0.2, 0.25) is 0 Å². The molecule has 1 saturated heterocycles. The number of thiophene rings is 1. The number of hydrogen-bond acceptors (Lipinski definition) is 4. The monoisotopic (exact) mass is 282 g/mol. The molecule has 1 aliphatic heterocycles. The lowest BCUT2D eigenvalue weighted by atomic mass is 10.0. The molecule has 1 unspecified atom stereocenters. The van der Waals surface area contributed by atoms with Crippen molar-refractivity contribution in [3.8, 4) is 0 Å². The Morgan fingerprint density at radius 1 is 1.47 bits per heavy atom. The summed E-state index contributed by atoms with van der Waals surface area (Å²) in [4.78, 5) is 4.18. The number of likely N-dealkylation sites (tertiary alicyclic amines) is 1. The van der Waals surface area contributed by atoms with Gasteiger partial charge in [0.05, 0.1) is 6.61 Å². The minimum Gasteiger partial charge on any atom is -0.383 e. The van der Waals surface area contributed by atoms with Crippen LogP contribution in [0.25, 0.3) is 0 Å². The Morgan fingerprint density at radius 3 is 3.21 bits per heavy atom. The van der Waals surface area contributed by atoms with Crippen LogP contribution < -0.4 is 5.32 Å². The highest BCUT2D eigenvalue weighted by molar-refractivity contribution is 7.09. The van der Waals surface area contributed by atoms with Crippen molar-refractivity contribution >= 4 is 11.3 Å². The Kier molecular flexibility index (Phi) is 6.85. The molecule has 0 spiro atoms. The fourth-order valence-corrected chi connectivity index (χ4v) is 3.44. The molecule has 1 aromatic rings. The molecule has 0 saturated carbocycles. The third-order valence-electron chi connectivity index (χ3n) is 3.84. The van der Waals surface area contributed by atoms with E-state index in [1.807, 2.05) is 11.3 Å². The third kappa shape index (κ3) is 5.22. The second-order valence-electron chi connectivity index (χ2n) is 5.21. The summed E-state index contributed by atoms with van der Waals surface area (Å²) >= 11 is 1.88. The number of piperidine rings is 1. The molecule has 2 heterocycles. The number of nitrogens with zero attached hydrogens (tertiary/aromatic N) is 1. The van der Waals surface area contributed by atoms with Crippen molar-refractivity contribution in [1.82, 2.24) is 10.2 Å². The first-order valence-corrected chi connectivity index (χ1v) is 8.24. The molecule has 0 amide bonds. The Balaban J connectivity index is 1.72. The van der Waals surface area contributed by atoms with E-state index >= 15 is 0 Å². The van der Waals surface area contributed by atoms with E-state index in [0.717, 1.165) is 19.7 Å². The summed E-state index contributed by atoms with van der Waals surface area (Å²) in [7, 11) is 1.76. The first-order chi connectivity index (χ1) is 9.40. The molecule has 108 valence electrons. The smallest absolute Gasteiger partial charge is 0.0587 e. The lowest BCUT2D eigenvalue weighted by molar-refractivity contribution is 0.142. The predicted molar refractivity (Wildman–Crippen MR) is 82.0 cm³/mol. The van der Waals surface area contributed by atoms with Gasteiger partial charge >= 0.3 is 0 Å². The van der Waals surface area contributed by atoms with Gasteiger partial charge in [0.1, 0.15) is 0 Å². The van der Waals surface area contributed by atoms with Crippen LogP contribution in [-0.4, -0.2) is 50.8 Å². The van der Waals surface area contributed by atoms with Crippen LogP contribution in [0, 0.1) is 0 Å². The second-order valence-corrected chi connectivity index (χ2v) is 6.24.